The highest BCUT2D eigenvalue weighted by Gasteiger charge is 2.17. The van der Waals surface area contributed by atoms with E-state index in [-0.39, 0.29) is 0 Å². The second kappa shape index (κ2) is 3.27. The first-order valence-corrected chi connectivity index (χ1v) is 4.51. The van der Waals surface area contributed by atoms with Crippen molar-refractivity contribution in [1.82, 2.24) is 9.80 Å². The molecule has 0 aromatic rings. The molecule has 3 heteroatoms. The summed E-state index contributed by atoms with van der Waals surface area (Å²) in [6.45, 7) is 4.60. The van der Waals surface area contributed by atoms with Crippen LogP contribution in [0.2, 0.25) is 0 Å². The molecule has 0 saturated carbocycles. The number of aliphatic imine (C=N–C) groups is 1. The van der Waals surface area contributed by atoms with Crippen molar-refractivity contribution in [3.8, 4) is 0 Å². The summed E-state index contributed by atoms with van der Waals surface area (Å²) in [5, 5.41) is 0. The molecule has 0 amide bonds. The van der Waals surface area contributed by atoms with Gasteiger partial charge in [0.05, 0.1) is 0 Å². The van der Waals surface area contributed by atoms with Crippen LogP contribution in [-0.2, 0) is 0 Å². The molecular formula is C9H15N3. The molecule has 0 aliphatic carbocycles. The van der Waals surface area contributed by atoms with Crippen molar-refractivity contribution in [2.45, 2.75) is 6.42 Å². The molecule has 12 heavy (non-hydrogen) atoms. The van der Waals surface area contributed by atoms with Crippen molar-refractivity contribution >= 4 is 5.84 Å². The minimum absolute atomic E-state index is 1.03. The zero-order valence-corrected chi connectivity index (χ0v) is 7.53. The molecule has 2 rings (SSSR count). The zero-order chi connectivity index (χ0) is 8.39. The Bertz CT molecular complexity index is 212. The second-order valence-corrected chi connectivity index (χ2v) is 3.42. The molecule has 0 aromatic heterocycles. The lowest BCUT2D eigenvalue weighted by molar-refractivity contribution is 0.214. The first kappa shape index (κ1) is 7.80. The number of piperazine rings is 1. The quantitative estimate of drug-likeness (QED) is 0.522. The maximum atomic E-state index is 4.33. The Morgan fingerprint density at radius 1 is 1.25 bits per heavy atom. The molecule has 0 atom stereocenters. The molecule has 0 N–H and O–H groups in total. The Balaban J connectivity index is 1.90. The molecule has 0 bridgehead atoms. The molecule has 0 unspecified atom stereocenters. The first-order valence-electron chi connectivity index (χ1n) is 4.51. The van der Waals surface area contributed by atoms with E-state index in [9.17, 15) is 0 Å². The van der Waals surface area contributed by atoms with Crippen molar-refractivity contribution in [2.24, 2.45) is 4.99 Å². The number of likely N-dealkylation sites (N-methyl/N-ethyl adjacent to an activating group) is 1. The van der Waals surface area contributed by atoms with E-state index in [1.807, 2.05) is 6.20 Å². The van der Waals surface area contributed by atoms with Gasteiger partial charge in [0.1, 0.15) is 5.84 Å². The molecule has 1 saturated heterocycles. The zero-order valence-electron chi connectivity index (χ0n) is 7.53. The van der Waals surface area contributed by atoms with Gasteiger partial charge >= 0.3 is 0 Å². The molecule has 2 aliphatic rings. The Hall–Kier alpha value is -0.830. The smallest absolute Gasteiger partial charge is 0.108 e. The first-order chi connectivity index (χ1) is 5.86. The highest BCUT2D eigenvalue weighted by atomic mass is 15.3. The van der Waals surface area contributed by atoms with Crippen molar-refractivity contribution in [1.29, 1.82) is 0 Å². The van der Waals surface area contributed by atoms with Gasteiger partial charge in [-0.25, -0.2) is 4.99 Å². The van der Waals surface area contributed by atoms with Crippen LogP contribution in [0.3, 0.4) is 0 Å². The van der Waals surface area contributed by atoms with Crippen LogP contribution in [0.4, 0.5) is 0 Å². The van der Waals surface area contributed by atoms with Crippen LogP contribution in [0.15, 0.2) is 17.3 Å². The molecule has 0 aromatic carbocycles. The molecule has 2 heterocycles. The Morgan fingerprint density at radius 3 is 2.58 bits per heavy atom. The van der Waals surface area contributed by atoms with Crippen molar-refractivity contribution in [2.75, 3.05) is 33.2 Å². The lowest BCUT2D eigenvalue weighted by atomic mass is 10.3. The van der Waals surface area contributed by atoms with E-state index in [0.717, 1.165) is 19.5 Å². The fraction of sp³-hybridized carbons (Fsp3) is 0.667. The maximum Gasteiger partial charge on any atom is 0.108 e. The fourth-order valence-electron chi connectivity index (χ4n) is 1.62. The monoisotopic (exact) mass is 165 g/mol. The maximum absolute atomic E-state index is 4.33. The highest BCUT2D eigenvalue weighted by molar-refractivity contribution is 5.86. The molecule has 2 aliphatic heterocycles. The summed E-state index contributed by atoms with van der Waals surface area (Å²) >= 11 is 0. The van der Waals surface area contributed by atoms with Gasteiger partial charge in [-0.2, -0.15) is 0 Å². The lowest BCUT2D eigenvalue weighted by Crippen LogP contribution is -2.46. The number of hydrogen-bond acceptors (Lipinski definition) is 3. The van der Waals surface area contributed by atoms with Crippen molar-refractivity contribution < 1.29 is 0 Å². The molecule has 0 radical (unpaired) electrons. The van der Waals surface area contributed by atoms with Crippen LogP contribution < -0.4 is 0 Å². The van der Waals surface area contributed by atoms with Gasteiger partial charge in [-0.15, -0.1) is 0 Å². The van der Waals surface area contributed by atoms with Gasteiger partial charge in [0.15, 0.2) is 0 Å². The average Bonchev–Trinajstić information content (AvgIpc) is 2.58. The van der Waals surface area contributed by atoms with E-state index in [0.29, 0.717) is 0 Å². The van der Waals surface area contributed by atoms with Gasteiger partial charge in [-0.3, -0.25) is 0 Å². The van der Waals surface area contributed by atoms with Gasteiger partial charge in [0.25, 0.3) is 0 Å². The summed E-state index contributed by atoms with van der Waals surface area (Å²) in [6.07, 6.45) is 5.06. The molecule has 1 fully saturated rings. The summed E-state index contributed by atoms with van der Waals surface area (Å²) in [7, 11) is 2.17. The lowest BCUT2D eigenvalue weighted by Gasteiger charge is -2.33. The van der Waals surface area contributed by atoms with Crippen LogP contribution in [0.25, 0.3) is 0 Å². The topological polar surface area (TPSA) is 18.8 Å². The standard InChI is InChI=1S/C9H15N3/c1-11-5-7-12(8-6-11)9-3-2-4-10-9/h2,4H,3,5-8H2,1H3. The van der Waals surface area contributed by atoms with E-state index >= 15 is 0 Å². The summed E-state index contributed by atoms with van der Waals surface area (Å²) in [6, 6.07) is 0. The van der Waals surface area contributed by atoms with Crippen LogP contribution in [-0.4, -0.2) is 48.9 Å². The van der Waals surface area contributed by atoms with Crippen molar-refractivity contribution in [3.63, 3.8) is 0 Å². The SMILES string of the molecule is CN1CCN(C2=NC=CC2)CC1. The molecule has 66 valence electrons. The van der Waals surface area contributed by atoms with Gasteiger partial charge in [-0.05, 0) is 7.05 Å². The fourth-order valence-corrected chi connectivity index (χ4v) is 1.62. The summed E-state index contributed by atoms with van der Waals surface area (Å²) < 4.78 is 0. The number of amidine groups is 1. The Morgan fingerprint density at radius 2 is 2.00 bits per heavy atom. The van der Waals surface area contributed by atoms with Crippen molar-refractivity contribution in [3.05, 3.63) is 12.3 Å². The largest absolute Gasteiger partial charge is 0.357 e. The number of hydrogen-bond donors (Lipinski definition) is 0. The van der Waals surface area contributed by atoms with E-state index in [4.69, 9.17) is 0 Å². The predicted octanol–water partition coefficient (Wildman–Crippen LogP) is 0.550. The minimum atomic E-state index is 1.03. The number of rotatable bonds is 0. The third-order valence-electron chi connectivity index (χ3n) is 2.50. The van der Waals surface area contributed by atoms with Gasteiger partial charge in [0.2, 0.25) is 0 Å². The van der Waals surface area contributed by atoms with Crippen LogP contribution in [0.1, 0.15) is 6.42 Å². The van der Waals surface area contributed by atoms with E-state index in [1.54, 1.807) is 0 Å². The summed E-state index contributed by atoms with van der Waals surface area (Å²) in [5.74, 6) is 1.25. The third kappa shape index (κ3) is 1.50. The predicted molar refractivity (Wildman–Crippen MR) is 50.3 cm³/mol. The molecule has 3 nitrogen and oxygen atoms in total. The van der Waals surface area contributed by atoms with Gasteiger partial charge < -0.3 is 9.80 Å². The Labute approximate surface area is 73.4 Å². The highest BCUT2D eigenvalue weighted by Crippen LogP contribution is 2.08. The molecular weight excluding hydrogens is 150 g/mol. The Kier molecular flexibility index (Phi) is 2.13. The van der Waals surface area contributed by atoms with Crippen LogP contribution in [0, 0.1) is 0 Å². The minimum Gasteiger partial charge on any atom is -0.357 e. The average molecular weight is 165 g/mol. The van der Waals surface area contributed by atoms with E-state index in [1.165, 1.54) is 18.9 Å². The van der Waals surface area contributed by atoms with Crippen LogP contribution >= 0.6 is 0 Å². The van der Waals surface area contributed by atoms with Crippen LogP contribution in [0.5, 0.6) is 0 Å². The van der Waals surface area contributed by atoms with Gasteiger partial charge in [0, 0.05) is 38.8 Å². The molecule has 0 spiro atoms. The summed E-state index contributed by atoms with van der Waals surface area (Å²) in [4.78, 5) is 9.08. The summed E-state index contributed by atoms with van der Waals surface area (Å²) in [5.41, 5.74) is 0. The normalized spacial score (nSPS) is 24.8. The second-order valence-electron chi connectivity index (χ2n) is 3.42. The number of nitrogens with zero attached hydrogens (tertiary/aromatic N) is 3. The van der Waals surface area contributed by atoms with E-state index < -0.39 is 0 Å². The third-order valence-corrected chi connectivity index (χ3v) is 2.50. The van der Waals surface area contributed by atoms with Gasteiger partial charge in [-0.1, -0.05) is 6.08 Å². The van der Waals surface area contributed by atoms with E-state index in [2.05, 4.69) is 27.9 Å².